The third-order valence-electron chi connectivity index (χ3n) is 2.04. The maximum Gasteiger partial charge on any atom is 0.224 e. The van der Waals surface area contributed by atoms with Crippen LogP contribution >= 0.6 is 15.9 Å². The van der Waals surface area contributed by atoms with E-state index < -0.39 is 11.6 Å². The van der Waals surface area contributed by atoms with Crippen LogP contribution in [0.1, 0.15) is 26.2 Å². The van der Waals surface area contributed by atoms with Crippen molar-refractivity contribution in [3.8, 4) is 0 Å². The van der Waals surface area contributed by atoms with Gasteiger partial charge in [0.15, 0.2) is 0 Å². The largest absolute Gasteiger partial charge is 0.324 e. The highest BCUT2D eigenvalue weighted by Crippen LogP contribution is 2.23. The Kier molecular flexibility index (Phi) is 4.86. The third-order valence-corrected chi connectivity index (χ3v) is 2.65. The highest BCUT2D eigenvalue weighted by molar-refractivity contribution is 9.10. The van der Waals surface area contributed by atoms with Gasteiger partial charge in [-0.1, -0.05) is 13.3 Å². The predicted molar refractivity (Wildman–Crippen MR) is 62.2 cm³/mol. The molecule has 0 atom stereocenters. The molecule has 0 radical (unpaired) electrons. The Labute approximate surface area is 101 Å². The van der Waals surface area contributed by atoms with E-state index in [-0.39, 0.29) is 16.1 Å². The predicted octanol–water partition coefficient (Wildman–Crippen LogP) is 3.86. The Balaban J connectivity index is 2.73. The number of rotatable bonds is 4. The Morgan fingerprint density at radius 2 is 2.06 bits per heavy atom. The fraction of sp³-hybridized carbons (Fsp3) is 0.364. The number of hydrogen-bond donors (Lipinski definition) is 1. The van der Waals surface area contributed by atoms with Gasteiger partial charge in [-0.2, -0.15) is 0 Å². The van der Waals surface area contributed by atoms with E-state index in [1.54, 1.807) is 0 Å². The molecule has 2 nitrogen and oxygen atoms in total. The second-order valence-electron chi connectivity index (χ2n) is 3.40. The monoisotopic (exact) mass is 291 g/mol. The minimum atomic E-state index is -0.655. The van der Waals surface area contributed by atoms with Crippen LogP contribution in [0.2, 0.25) is 0 Å². The molecule has 0 aromatic heterocycles. The summed E-state index contributed by atoms with van der Waals surface area (Å²) < 4.78 is 26.4. The second kappa shape index (κ2) is 5.94. The standard InChI is InChI=1S/C11H12BrF2NO/c1-2-3-4-11(16)15-10-6-8(13)7(12)5-9(10)14/h5-6H,2-4H2,1H3,(H,15,16). The summed E-state index contributed by atoms with van der Waals surface area (Å²) in [6.07, 6.45) is 1.92. The van der Waals surface area contributed by atoms with Gasteiger partial charge in [0, 0.05) is 12.5 Å². The number of carbonyl (C=O) groups is 1. The first-order valence-electron chi connectivity index (χ1n) is 4.99. The Morgan fingerprint density at radius 3 is 2.69 bits per heavy atom. The van der Waals surface area contributed by atoms with Crippen molar-refractivity contribution in [2.45, 2.75) is 26.2 Å². The zero-order chi connectivity index (χ0) is 12.1. The minimum absolute atomic E-state index is 0.0385. The van der Waals surface area contributed by atoms with Gasteiger partial charge >= 0.3 is 0 Å². The van der Waals surface area contributed by atoms with Crippen LogP contribution in [0.15, 0.2) is 16.6 Å². The van der Waals surface area contributed by atoms with Crippen molar-refractivity contribution in [3.63, 3.8) is 0 Å². The van der Waals surface area contributed by atoms with Crippen LogP contribution in [0.25, 0.3) is 0 Å². The third kappa shape index (κ3) is 3.56. The van der Waals surface area contributed by atoms with Crippen molar-refractivity contribution in [1.82, 2.24) is 0 Å². The highest BCUT2D eigenvalue weighted by Gasteiger charge is 2.10. The Hall–Kier alpha value is -0.970. The van der Waals surface area contributed by atoms with Crippen LogP contribution in [0.5, 0.6) is 0 Å². The molecule has 0 aliphatic heterocycles. The molecule has 1 N–H and O–H groups in total. The van der Waals surface area contributed by atoms with Gasteiger partial charge in [0.2, 0.25) is 5.91 Å². The van der Waals surface area contributed by atoms with E-state index in [1.165, 1.54) is 0 Å². The maximum absolute atomic E-state index is 13.3. The summed E-state index contributed by atoms with van der Waals surface area (Å²) in [4.78, 5) is 11.3. The van der Waals surface area contributed by atoms with Crippen LogP contribution in [0.4, 0.5) is 14.5 Å². The van der Waals surface area contributed by atoms with Crippen molar-refractivity contribution < 1.29 is 13.6 Å². The van der Waals surface area contributed by atoms with Crippen LogP contribution in [0.3, 0.4) is 0 Å². The first-order chi connectivity index (χ1) is 7.54. The van der Waals surface area contributed by atoms with E-state index in [2.05, 4.69) is 21.2 Å². The number of nitrogens with one attached hydrogen (secondary N) is 1. The molecule has 0 bridgehead atoms. The summed E-state index contributed by atoms with van der Waals surface area (Å²) in [5, 5.41) is 2.34. The van der Waals surface area contributed by atoms with Gasteiger partial charge in [-0.3, -0.25) is 4.79 Å². The summed E-state index contributed by atoms with van der Waals surface area (Å²) in [5.41, 5.74) is -0.123. The molecule has 16 heavy (non-hydrogen) atoms. The lowest BCUT2D eigenvalue weighted by molar-refractivity contribution is -0.116. The van der Waals surface area contributed by atoms with Gasteiger partial charge < -0.3 is 5.32 Å². The van der Waals surface area contributed by atoms with Gasteiger partial charge in [0.05, 0.1) is 10.2 Å². The Morgan fingerprint density at radius 1 is 1.38 bits per heavy atom. The van der Waals surface area contributed by atoms with Crippen LogP contribution < -0.4 is 5.32 Å². The quantitative estimate of drug-likeness (QED) is 0.839. The lowest BCUT2D eigenvalue weighted by Crippen LogP contribution is -2.12. The van der Waals surface area contributed by atoms with Gasteiger partial charge in [0.25, 0.3) is 0 Å². The number of hydrogen-bond acceptors (Lipinski definition) is 1. The average Bonchev–Trinajstić information content (AvgIpc) is 2.23. The molecule has 0 saturated heterocycles. The zero-order valence-electron chi connectivity index (χ0n) is 8.82. The molecule has 88 valence electrons. The van der Waals surface area contributed by atoms with Crippen molar-refractivity contribution in [1.29, 1.82) is 0 Å². The molecule has 0 unspecified atom stereocenters. The molecule has 1 amide bonds. The van der Waals surface area contributed by atoms with E-state index >= 15 is 0 Å². The van der Waals surface area contributed by atoms with Crippen molar-refractivity contribution in [2.24, 2.45) is 0 Å². The lowest BCUT2D eigenvalue weighted by Gasteiger charge is -2.06. The van der Waals surface area contributed by atoms with Gasteiger partial charge in [0.1, 0.15) is 11.6 Å². The van der Waals surface area contributed by atoms with Crippen LogP contribution in [-0.2, 0) is 4.79 Å². The lowest BCUT2D eigenvalue weighted by atomic mass is 10.2. The van der Waals surface area contributed by atoms with E-state index in [0.717, 1.165) is 25.0 Å². The number of benzene rings is 1. The molecule has 1 aromatic rings. The molecule has 0 spiro atoms. The molecular formula is C11H12BrF2NO. The molecule has 0 aliphatic rings. The number of halogens is 3. The van der Waals surface area contributed by atoms with E-state index in [0.29, 0.717) is 6.42 Å². The molecule has 0 heterocycles. The molecular weight excluding hydrogens is 280 g/mol. The summed E-state index contributed by atoms with van der Waals surface area (Å²) in [6.45, 7) is 1.95. The summed E-state index contributed by atoms with van der Waals surface area (Å²) in [7, 11) is 0. The molecule has 1 aromatic carbocycles. The number of carbonyl (C=O) groups excluding carboxylic acids is 1. The van der Waals surface area contributed by atoms with Crippen molar-refractivity contribution in [2.75, 3.05) is 5.32 Å². The first kappa shape index (κ1) is 13.1. The Bertz CT molecular complexity index is 396. The van der Waals surface area contributed by atoms with Gasteiger partial charge in [-0.05, 0) is 28.4 Å². The van der Waals surface area contributed by atoms with E-state index in [9.17, 15) is 13.6 Å². The van der Waals surface area contributed by atoms with E-state index in [1.807, 2.05) is 6.92 Å². The number of unbranched alkanes of at least 4 members (excludes halogenated alkanes) is 1. The van der Waals surface area contributed by atoms with Gasteiger partial charge in [-0.25, -0.2) is 8.78 Å². The smallest absolute Gasteiger partial charge is 0.224 e. The normalized spacial score (nSPS) is 10.2. The molecule has 0 fully saturated rings. The first-order valence-corrected chi connectivity index (χ1v) is 5.78. The average molecular weight is 292 g/mol. The molecule has 0 aliphatic carbocycles. The number of anilines is 1. The summed E-state index contributed by atoms with van der Waals surface area (Å²) in [5.74, 6) is -1.56. The fourth-order valence-corrected chi connectivity index (χ4v) is 1.48. The zero-order valence-corrected chi connectivity index (χ0v) is 10.4. The minimum Gasteiger partial charge on any atom is -0.324 e. The topological polar surface area (TPSA) is 29.1 Å². The molecule has 1 rings (SSSR count). The van der Waals surface area contributed by atoms with E-state index in [4.69, 9.17) is 0 Å². The number of amides is 1. The van der Waals surface area contributed by atoms with Crippen molar-refractivity contribution >= 4 is 27.5 Å². The SMILES string of the molecule is CCCCC(=O)Nc1cc(F)c(Br)cc1F. The van der Waals surface area contributed by atoms with Crippen LogP contribution in [0, 0.1) is 11.6 Å². The maximum atomic E-state index is 13.3. The summed E-state index contributed by atoms with van der Waals surface area (Å²) in [6, 6.07) is 1.95. The summed E-state index contributed by atoms with van der Waals surface area (Å²) >= 11 is 2.86. The van der Waals surface area contributed by atoms with Crippen LogP contribution in [-0.4, -0.2) is 5.91 Å². The fourth-order valence-electron chi connectivity index (χ4n) is 1.17. The van der Waals surface area contributed by atoms with Crippen molar-refractivity contribution in [3.05, 3.63) is 28.2 Å². The highest BCUT2D eigenvalue weighted by atomic mass is 79.9. The molecule has 5 heteroatoms. The second-order valence-corrected chi connectivity index (χ2v) is 4.25. The van der Waals surface area contributed by atoms with Gasteiger partial charge in [-0.15, -0.1) is 0 Å². The molecule has 0 saturated carbocycles.